The van der Waals surface area contributed by atoms with Crippen molar-refractivity contribution in [2.24, 2.45) is 0 Å². The first-order chi connectivity index (χ1) is 10.2. The summed E-state index contributed by atoms with van der Waals surface area (Å²) in [6.07, 6.45) is 0.774. The van der Waals surface area contributed by atoms with E-state index in [9.17, 15) is 4.79 Å². The fraction of sp³-hybridized carbons (Fsp3) is 0.353. The number of carbonyl (C=O) groups excluding carboxylic acids is 1. The molecule has 0 fully saturated rings. The van der Waals surface area contributed by atoms with Gasteiger partial charge in [0.25, 0.3) is 0 Å². The fourth-order valence-electron chi connectivity index (χ4n) is 2.79. The molecule has 1 aliphatic rings. The second kappa shape index (κ2) is 6.00. The summed E-state index contributed by atoms with van der Waals surface area (Å²) in [4.78, 5) is 15.8. The van der Waals surface area contributed by atoms with Crippen LogP contribution in [0.4, 0.5) is 0 Å². The summed E-state index contributed by atoms with van der Waals surface area (Å²) >= 11 is 1.70. The van der Waals surface area contributed by atoms with Gasteiger partial charge in [-0.1, -0.05) is 30.3 Å². The maximum Gasteiger partial charge on any atom is 0.240 e. The van der Waals surface area contributed by atoms with E-state index in [1.54, 1.807) is 11.3 Å². The normalized spacial score (nSPS) is 18.9. The number of amides is 1. The molecule has 0 aliphatic carbocycles. The molecule has 0 saturated carbocycles. The Morgan fingerprint density at radius 3 is 2.76 bits per heavy atom. The minimum absolute atomic E-state index is 0.118. The second-order valence-corrected chi connectivity index (χ2v) is 6.53. The van der Waals surface area contributed by atoms with E-state index in [0.717, 1.165) is 13.0 Å². The number of likely N-dealkylation sites (N-methyl/N-ethyl adjacent to an activating group) is 1. The Hall–Kier alpha value is -1.65. The first-order valence-electron chi connectivity index (χ1n) is 7.27. The SMILES string of the molecule is CC(c1cccs1)N(C)C(=O)[C@H]1Cc2ccccc2CN1. The molecule has 3 nitrogen and oxygen atoms in total. The summed E-state index contributed by atoms with van der Waals surface area (Å²) in [5, 5.41) is 5.42. The summed E-state index contributed by atoms with van der Waals surface area (Å²) in [5.74, 6) is 0.172. The lowest BCUT2D eigenvalue weighted by molar-refractivity contribution is -0.134. The molecule has 1 N–H and O–H groups in total. The van der Waals surface area contributed by atoms with Crippen LogP contribution >= 0.6 is 11.3 Å². The molecule has 0 saturated heterocycles. The summed E-state index contributed by atoms with van der Waals surface area (Å²) in [6.45, 7) is 2.86. The van der Waals surface area contributed by atoms with Crippen molar-refractivity contribution in [1.29, 1.82) is 0 Å². The van der Waals surface area contributed by atoms with Gasteiger partial charge < -0.3 is 10.2 Å². The Labute approximate surface area is 129 Å². The molecule has 0 spiro atoms. The molecule has 2 aromatic rings. The van der Waals surface area contributed by atoms with Crippen molar-refractivity contribution < 1.29 is 4.79 Å². The molecule has 1 aromatic heterocycles. The molecule has 1 aromatic carbocycles. The van der Waals surface area contributed by atoms with Crippen LogP contribution in [0.3, 0.4) is 0 Å². The van der Waals surface area contributed by atoms with Gasteiger partial charge in [-0.15, -0.1) is 11.3 Å². The van der Waals surface area contributed by atoms with Gasteiger partial charge in [0.1, 0.15) is 0 Å². The molecule has 110 valence electrons. The minimum atomic E-state index is -0.118. The molecular weight excluding hydrogens is 280 g/mol. The number of nitrogens with zero attached hydrogens (tertiary/aromatic N) is 1. The number of nitrogens with one attached hydrogen (secondary N) is 1. The predicted molar refractivity (Wildman–Crippen MR) is 86.3 cm³/mol. The third-order valence-electron chi connectivity index (χ3n) is 4.26. The standard InChI is InChI=1S/C17H20N2OS/c1-12(16-8-5-9-21-16)19(2)17(20)15-10-13-6-3-4-7-14(13)11-18-15/h3-9,12,15,18H,10-11H2,1-2H3/t12?,15-/m1/s1. The minimum Gasteiger partial charge on any atom is -0.337 e. The van der Waals surface area contributed by atoms with Crippen LogP contribution in [0.2, 0.25) is 0 Å². The van der Waals surface area contributed by atoms with Crippen LogP contribution in [-0.2, 0) is 17.8 Å². The van der Waals surface area contributed by atoms with Crippen LogP contribution < -0.4 is 5.32 Å². The zero-order valence-electron chi connectivity index (χ0n) is 12.4. The third kappa shape index (κ3) is 2.87. The predicted octanol–water partition coefficient (Wildman–Crippen LogP) is 2.98. The molecule has 2 heterocycles. The summed E-state index contributed by atoms with van der Waals surface area (Å²) < 4.78 is 0. The number of thiophene rings is 1. The number of fused-ring (bicyclic) bond motifs is 1. The Morgan fingerprint density at radius 2 is 2.05 bits per heavy atom. The Bertz CT molecular complexity index is 623. The highest BCUT2D eigenvalue weighted by atomic mass is 32.1. The zero-order chi connectivity index (χ0) is 14.8. The first kappa shape index (κ1) is 14.3. The molecule has 3 rings (SSSR count). The molecular formula is C17H20N2OS. The van der Waals surface area contributed by atoms with Crippen molar-refractivity contribution in [2.75, 3.05) is 7.05 Å². The maximum absolute atomic E-state index is 12.7. The van der Waals surface area contributed by atoms with Crippen LogP contribution in [-0.4, -0.2) is 23.9 Å². The quantitative estimate of drug-likeness (QED) is 0.945. The zero-order valence-corrected chi connectivity index (χ0v) is 13.2. The van der Waals surface area contributed by atoms with E-state index in [1.807, 2.05) is 30.1 Å². The van der Waals surface area contributed by atoms with Crippen LogP contribution in [0.1, 0.15) is 29.0 Å². The van der Waals surface area contributed by atoms with E-state index in [-0.39, 0.29) is 18.0 Å². The molecule has 0 bridgehead atoms. The Balaban J connectivity index is 1.71. The number of hydrogen-bond donors (Lipinski definition) is 1. The molecule has 0 radical (unpaired) electrons. The topological polar surface area (TPSA) is 32.3 Å². The van der Waals surface area contributed by atoms with Crippen LogP contribution in [0.5, 0.6) is 0 Å². The lowest BCUT2D eigenvalue weighted by Gasteiger charge is -2.31. The molecule has 1 aliphatic heterocycles. The fourth-order valence-corrected chi connectivity index (χ4v) is 3.61. The third-order valence-corrected chi connectivity index (χ3v) is 5.31. The van der Waals surface area contributed by atoms with E-state index in [4.69, 9.17) is 0 Å². The van der Waals surface area contributed by atoms with E-state index in [0.29, 0.717) is 0 Å². The van der Waals surface area contributed by atoms with Crippen molar-refractivity contribution in [3.63, 3.8) is 0 Å². The van der Waals surface area contributed by atoms with E-state index in [2.05, 4.69) is 35.8 Å². The maximum atomic E-state index is 12.7. The van der Waals surface area contributed by atoms with E-state index < -0.39 is 0 Å². The summed E-state index contributed by atoms with van der Waals surface area (Å²) in [6, 6.07) is 12.5. The van der Waals surface area contributed by atoms with Gasteiger partial charge >= 0.3 is 0 Å². The van der Waals surface area contributed by atoms with Crippen molar-refractivity contribution in [3.8, 4) is 0 Å². The Morgan fingerprint density at radius 1 is 1.29 bits per heavy atom. The number of hydrogen-bond acceptors (Lipinski definition) is 3. The number of carbonyl (C=O) groups is 1. The smallest absolute Gasteiger partial charge is 0.240 e. The molecule has 1 amide bonds. The monoisotopic (exact) mass is 300 g/mol. The summed E-state index contributed by atoms with van der Waals surface area (Å²) in [7, 11) is 1.90. The van der Waals surface area contributed by atoms with Gasteiger partial charge in [-0.2, -0.15) is 0 Å². The average Bonchev–Trinajstić information content (AvgIpc) is 3.06. The van der Waals surface area contributed by atoms with Crippen molar-refractivity contribution in [3.05, 3.63) is 57.8 Å². The molecule has 21 heavy (non-hydrogen) atoms. The average molecular weight is 300 g/mol. The highest BCUT2D eigenvalue weighted by molar-refractivity contribution is 7.10. The number of rotatable bonds is 3. The van der Waals surface area contributed by atoms with Gasteiger partial charge in [0.15, 0.2) is 0 Å². The lowest BCUT2D eigenvalue weighted by Crippen LogP contribution is -2.48. The van der Waals surface area contributed by atoms with Crippen LogP contribution in [0.15, 0.2) is 41.8 Å². The second-order valence-electron chi connectivity index (χ2n) is 5.55. The highest BCUT2D eigenvalue weighted by Gasteiger charge is 2.28. The van der Waals surface area contributed by atoms with Gasteiger partial charge in [0.05, 0.1) is 12.1 Å². The van der Waals surface area contributed by atoms with Crippen LogP contribution in [0.25, 0.3) is 0 Å². The van der Waals surface area contributed by atoms with Crippen LogP contribution in [0, 0.1) is 0 Å². The first-order valence-corrected chi connectivity index (χ1v) is 8.15. The number of benzene rings is 1. The molecule has 4 heteroatoms. The van der Waals surface area contributed by atoms with Gasteiger partial charge in [-0.05, 0) is 35.9 Å². The highest BCUT2D eigenvalue weighted by Crippen LogP contribution is 2.25. The van der Waals surface area contributed by atoms with Crippen molar-refractivity contribution >= 4 is 17.2 Å². The largest absolute Gasteiger partial charge is 0.337 e. The van der Waals surface area contributed by atoms with Crippen molar-refractivity contribution in [1.82, 2.24) is 10.2 Å². The molecule has 1 unspecified atom stereocenters. The van der Waals surface area contributed by atoms with Gasteiger partial charge in [-0.25, -0.2) is 0 Å². The van der Waals surface area contributed by atoms with E-state index in [1.165, 1.54) is 16.0 Å². The lowest BCUT2D eigenvalue weighted by atomic mass is 9.95. The van der Waals surface area contributed by atoms with E-state index >= 15 is 0 Å². The van der Waals surface area contributed by atoms with Crippen molar-refractivity contribution in [2.45, 2.75) is 32.0 Å². The summed E-state index contributed by atoms with van der Waals surface area (Å²) in [5.41, 5.74) is 2.59. The van der Waals surface area contributed by atoms with Gasteiger partial charge in [0, 0.05) is 18.5 Å². The van der Waals surface area contributed by atoms with Gasteiger partial charge in [0.2, 0.25) is 5.91 Å². The van der Waals surface area contributed by atoms with Gasteiger partial charge in [-0.3, -0.25) is 4.79 Å². The Kier molecular flexibility index (Phi) is 4.08. The molecule has 2 atom stereocenters.